The molecule has 9 heteroatoms. The van der Waals surface area contributed by atoms with Crippen LogP contribution >= 0.6 is 0 Å². The highest BCUT2D eigenvalue weighted by atomic mass is 19.4. The van der Waals surface area contributed by atoms with Gasteiger partial charge in [-0.2, -0.15) is 13.2 Å². The number of piperidine rings is 1. The van der Waals surface area contributed by atoms with Crippen molar-refractivity contribution in [2.24, 2.45) is 0 Å². The highest BCUT2D eigenvalue weighted by Crippen LogP contribution is 2.32. The van der Waals surface area contributed by atoms with Gasteiger partial charge in [-0.25, -0.2) is 0 Å². The zero-order valence-electron chi connectivity index (χ0n) is 14.6. The van der Waals surface area contributed by atoms with Gasteiger partial charge < -0.3 is 13.7 Å². The fourth-order valence-electron chi connectivity index (χ4n) is 3.24. The minimum atomic E-state index is -4.48. The van der Waals surface area contributed by atoms with Crippen molar-refractivity contribution in [1.82, 2.24) is 15.1 Å². The molecule has 0 atom stereocenters. The van der Waals surface area contributed by atoms with Crippen molar-refractivity contribution in [3.63, 3.8) is 0 Å². The van der Waals surface area contributed by atoms with Crippen LogP contribution in [0, 0.1) is 0 Å². The van der Waals surface area contributed by atoms with Crippen LogP contribution in [0.3, 0.4) is 0 Å². The molecule has 28 heavy (non-hydrogen) atoms. The molecular formula is C19H16F3N3O3. The first kappa shape index (κ1) is 18.3. The summed E-state index contributed by atoms with van der Waals surface area (Å²) in [4.78, 5) is 14.1. The van der Waals surface area contributed by atoms with Gasteiger partial charge in [0.2, 0.25) is 5.89 Å². The summed E-state index contributed by atoms with van der Waals surface area (Å²) in [7, 11) is 0. The fourth-order valence-corrected chi connectivity index (χ4v) is 3.24. The predicted octanol–water partition coefficient (Wildman–Crippen LogP) is 4.37. The van der Waals surface area contributed by atoms with E-state index in [1.54, 1.807) is 11.0 Å². The number of carbonyl (C=O) groups is 1. The van der Waals surface area contributed by atoms with E-state index in [0.717, 1.165) is 12.1 Å². The highest BCUT2D eigenvalue weighted by Gasteiger charge is 2.32. The van der Waals surface area contributed by atoms with Crippen molar-refractivity contribution in [2.75, 3.05) is 13.1 Å². The van der Waals surface area contributed by atoms with Crippen molar-refractivity contribution >= 4 is 5.91 Å². The molecule has 1 fully saturated rings. The average Bonchev–Trinajstić information content (AvgIpc) is 3.39. The van der Waals surface area contributed by atoms with Crippen molar-refractivity contribution in [1.29, 1.82) is 0 Å². The number of likely N-dealkylation sites (tertiary alicyclic amines) is 1. The van der Waals surface area contributed by atoms with E-state index in [1.807, 2.05) is 0 Å². The van der Waals surface area contributed by atoms with Gasteiger partial charge in [-0.15, -0.1) is 10.2 Å². The van der Waals surface area contributed by atoms with Gasteiger partial charge in [0, 0.05) is 24.6 Å². The minimum absolute atomic E-state index is 0.00119. The third kappa shape index (κ3) is 3.64. The first-order valence-electron chi connectivity index (χ1n) is 8.74. The SMILES string of the molecule is O=C(c1cccc(C(F)(F)F)c1)N1CCC(c2nnc(-c3ccoc3)o2)CC1. The molecule has 1 aromatic carbocycles. The summed E-state index contributed by atoms with van der Waals surface area (Å²) < 4.78 is 49.3. The maximum atomic E-state index is 12.9. The van der Waals surface area contributed by atoms with Crippen molar-refractivity contribution in [3.05, 3.63) is 59.9 Å². The number of hydrogen-bond donors (Lipinski definition) is 0. The molecule has 6 nitrogen and oxygen atoms in total. The van der Waals surface area contributed by atoms with E-state index in [0.29, 0.717) is 43.3 Å². The van der Waals surface area contributed by atoms with Crippen LogP contribution in [-0.4, -0.2) is 34.1 Å². The summed E-state index contributed by atoms with van der Waals surface area (Å²) in [5, 5.41) is 8.08. The lowest BCUT2D eigenvalue weighted by Crippen LogP contribution is -2.38. The molecule has 0 radical (unpaired) electrons. The number of amides is 1. The van der Waals surface area contributed by atoms with Crippen LogP contribution in [0.2, 0.25) is 0 Å². The van der Waals surface area contributed by atoms with Gasteiger partial charge >= 0.3 is 6.18 Å². The van der Waals surface area contributed by atoms with Crippen LogP contribution in [0.25, 0.3) is 11.5 Å². The predicted molar refractivity (Wildman–Crippen MR) is 91.3 cm³/mol. The maximum absolute atomic E-state index is 12.9. The molecule has 1 aliphatic heterocycles. The molecule has 0 unspecified atom stereocenters. The molecule has 0 aliphatic carbocycles. The van der Waals surface area contributed by atoms with Crippen LogP contribution in [0.15, 0.2) is 51.7 Å². The molecule has 1 aliphatic rings. The van der Waals surface area contributed by atoms with Gasteiger partial charge in [0.05, 0.1) is 17.4 Å². The molecule has 0 saturated carbocycles. The van der Waals surface area contributed by atoms with E-state index in [9.17, 15) is 18.0 Å². The van der Waals surface area contributed by atoms with Crippen LogP contribution in [0.4, 0.5) is 13.2 Å². The van der Waals surface area contributed by atoms with E-state index in [-0.39, 0.29) is 11.5 Å². The number of benzene rings is 1. The van der Waals surface area contributed by atoms with E-state index < -0.39 is 17.6 Å². The second-order valence-corrected chi connectivity index (χ2v) is 6.60. The number of furan rings is 1. The molecule has 3 aromatic rings. The second kappa shape index (κ2) is 7.14. The number of halogens is 3. The van der Waals surface area contributed by atoms with Crippen molar-refractivity contribution < 1.29 is 26.8 Å². The second-order valence-electron chi connectivity index (χ2n) is 6.60. The molecule has 0 spiro atoms. The quantitative estimate of drug-likeness (QED) is 0.663. The summed E-state index contributed by atoms with van der Waals surface area (Å²) >= 11 is 0. The Labute approximate surface area is 158 Å². The molecule has 1 saturated heterocycles. The summed E-state index contributed by atoms with van der Waals surface area (Å²) in [6.45, 7) is 0.812. The first-order chi connectivity index (χ1) is 13.4. The van der Waals surface area contributed by atoms with E-state index in [1.165, 1.54) is 24.7 Å². The smallest absolute Gasteiger partial charge is 0.416 e. The van der Waals surface area contributed by atoms with Crippen LogP contribution in [0.5, 0.6) is 0 Å². The number of alkyl halides is 3. The van der Waals surface area contributed by atoms with E-state index in [2.05, 4.69) is 10.2 Å². The summed E-state index contributed by atoms with van der Waals surface area (Å²) in [5.41, 5.74) is -0.102. The van der Waals surface area contributed by atoms with Gasteiger partial charge in [-0.05, 0) is 37.1 Å². The number of rotatable bonds is 3. The number of carbonyl (C=O) groups excluding carboxylic acids is 1. The Morgan fingerprint density at radius 3 is 2.61 bits per heavy atom. The number of hydrogen-bond acceptors (Lipinski definition) is 5. The lowest BCUT2D eigenvalue weighted by atomic mass is 9.96. The summed E-state index contributed by atoms with van der Waals surface area (Å²) in [6.07, 6.45) is -0.270. The molecule has 146 valence electrons. The topological polar surface area (TPSA) is 72.4 Å². The summed E-state index contributed by atoms with van der Waals surface area (Å²) in [6, 6.07) is 6.21. The summed E-state index contributed by atoms with van der Waals surface area (Å²) in [5.74, 6) is 0.446. The lowest BCUT2D eigenvalue weighted by Gasteiger charge is -2.30. The molecule has 0 N–H and O–H groups in total. The Hall–Kier alpha value is -3.10. The molecule has 3 heterocycles. The Balaban J connectivity index is 1.41. The number of nitrogens with zero attached hydrogens (tertiary/aromatic N) is 3. The van der Waals surface area contributed by atoms with Gasteiger partial charge in [-0.1, -0.05) is 6.07 Å². The highest BCUT2D eigenvalue weighted by molar-refractivity contribution is 5.94. The number of aromatic nitrogens is 2. The standard InChI is InChI=1S/C19H16F3N3O3/c20-19(21,22)15-3-1-2-13(10-15)18(26)25-7-4-12(5-8-25)16-23-24-17(28-16)14-6-9-27-11-14/h1-3,6,9-12H,4-5,7-8H2. The monoisotopic (exact) mass is 391 g/mol. The largest absolute Gasteiger partial charge is 0.472 e. The van der Waals surface area contributed by atoms with Crippen molar-refractivity contribution in [2.45, 2.75) is 24.9 Å². The molecule has 4 rings (SSSR count). The fraction of sp³-hybridized carbons (Fsp3) is 0.316. The van der Waals surface area contributed by atoms with Gasteiger partial charge in [0.25, 0.3) is 11.8 Å². The lowest BCUT2D eigenvalue weighted by molar-refractivity contribution is -0.137. The van der Waals surface area contributed by atoms with Crippen LogP contribution < -0.4 is 0 Å². The minimum Gasteiger partial charge on any atom is -0.472 e. The molecule has 2 aromatic heterocycles. The Morgan fingerprint density at radius 1 is 1.14 bits per heavy atom. The third-order valence-corrected chi connectivity index (χ3v) is 4.78. The molecule has 1 amide bonds. The van der Waals surface area contributed by atoms with Crippen LogP contribution in [-0.2, 0) is 6.18 Å². The van der Waals surface area contributed by atoms with E-state index >= 15 is 0 Å². The zero-order chi connectivity index (χ0) is 19.7. The van der Waals surface area contributed by atoms with Gasteiger partial charge in [-0.3, -0.25) is 4.79 Å². The molecule has 0 bridgehead atoms. The Bertz CT molecular complexity index is 958. The van der Waals surface area contributed by atoms with Crippen LogP contribution in [0.1, 0.15) is 40.6 Å². The molecular weight excluding hydrogens is 375 g/mol. The van der Waals surface area contributed by atoms with Gasteiger partial charge in [0.15, 0.2) is 0 Å². The Morgan fingerprint density at radius 2 is 1.93 bits per heavy atom. The first-order valence-corrected chi connectivity index (χ1v) is 8.74. The Kier molecular flexibility index (Phi) is 4.66. The van der Waals surface area contributed by atoms with E-state index in [4.69, 9.17) is 8.83 Å². The maximum Gasteiger partial charge on any atom is 0.416 e. The third-order valence-electron chi connectivity index (χ3n) is 4.78. The normalized spacial score (nSPS) is 15.8. The zero-order valence-corrected chi connectivity index (χ0v) is 14.6. The van der Waals surface area contributed by atoms with Gasteiger partial charge in [0.1, 0.15) is 6.26 Å². The van der Waals surface area contributed by atoms with Crippen molar-refractivity contribution in [3.8, 4) is 11.5 Å². The average molecular weight is 391 g/mol.